The lowest BCUT2D eigenvalue weighted by atomic mass is 10.1. The van der Waals surface area contributed by atoms with E-state index in [0.717, 1.165) is 0 Å². The fourth-order valence-corrected chi connectivity index (χ4v) is 1.57. The van der Waals surface area contributed by atoms with E-state index in [4.69, 9.17) is 10.8 Å². The summed E-state index contributed by atoms with van der Waals surface area (Å²) < 4.78 is 0. The summed E-state index contributed by atoms with van der Waals surface area (Å²) >= 11 is 0. The fourth-order valence-electron chi connectivity index (χ4n) is 1.57. The molecule has 0 aliphatic rings. The van der Waals surface area contributed by atoms with Crippen LogP contribution < -0.4 is 5.73 Å². The molecule has 0 aromatic carbocycles. The molecule has 15 heavy (non-hydrogen) atoms. The first-order chi connectivity index (χ1) is 6.77. The zero-order valence-corrected chi connectivity index (χ0v) is 9.73. The van der Waals surface area contributed by atoms with Crippen LogP contribution in [0.4, 0.5) is 0 Å². The largest absolute Gasteiger partial charge is 0.481 e. The Morgan fingerprint density at radius 1 is 1.20 bits per heavy atom. The average molecular weight is 216 g/mol. The van der Waals surface area contributed by atoms with Gasteiger partial charge in [0.15, 0.2) is 0 Å². The van der Waals surface area contributed by atoms with E-state index in [1.54, 1.807) is 4.90 Å². The first kappa shape index (κ1) is 13.9. The van der Waals surface area contributed by atoms with Crippen molar-refractivity contribution in [2.75, 3.05) is 0 Å². The van der Waals surface area contributed by atoms with Crippen LogP contribution in [-0.2, 0) is 9.59 Å². The molecule has 0 spiro atoms. The lowest BCUT2D eigenvalue weighted by molar-refractivity contribution is -0.143. The van der Waals surface area contributed by atoms with Gasteiger partial charge < -0.3 is 15.7 Å². The van der Waals surface area contributed by atoms with Crippen LogP contribution in [0.3, 0.4) is 0 Å². The zero-order chi connectivity index (χ0) is 12.2. The van der Waals surface area contributed by atoms with Crippen molar-refractivity contribution < 1.29 is 14.7 Å². The molecule has 88 valence electrons. The van der Waals surface area contributed by atoms with Gasteiger partial charge in [-0.15, -0.1) is 0 Å². The molecule has 0 saturated carbocycles. The number of amides is 1. The molecule has 0 aliphatic heterocycles. The summed E-state index contributed by atoms with van der Waals surface area (Å²) in [6.45, 7) is 7.52. The second kappa shape index (κ2) is 5.70. The molecular formula is C10H20N2O3. The highest BCUT2D eigenvalue weighted by atomic mass is 16.4. The Kier molecular flexibility index (Phi) is 5.28. The SMILES string of the molecule is CC(C)N(C(=O)[C@@H](N)CC(=O)O)C(C)C. The van der Waals surface area contributed by atoms with Crippen molar-refractivity contribution in [2.24, 2.45) is 5.73 Å². The van der Waals surface area contributed by atoms with Gasteiger partial charge in [0.25, 0.3) is 0 Å². The summed E-state index contributed by atoms with van der Waals surface area (Å²) in [4.78, 5) is 23.8. The fraction of sp³-hybridized carbons (Fsp3) is 0.800. The summed E-state index contributed by atoms with van der Waals surface area (Å²) in [7, 11) is 0. The van der Waals surface area contributed by atoms with Crippen LogP contribution in [0.2, 0.25) is 0 Å². The van der Waals surface area contributed by atoms with Crippen molar-refractivity contribution in [3.63, 3.8) is 0 Å². The highest BCUT2D eigenvalue weighted by Gasteiger charge is 2.26. The zero-order valence-electron chi connectivity index (χ0n) is 9.73. The molecule has 3 N–H and O–H groups in total. The second-order valence-corrected chi connectivity index (χ2v) is 4.14. The lowest BCUT2D eigenvalue weighted by Crippen LogP contribution is -2.50. The highest BCUT2D eigenvalue weighted by Crippen LogP contribution is 2.08. The third kappa shape index (κ3) is 4.29. The van der Waals surface area contributed by atoms with Gasteiger partial charge >= 0.3 is 5.97 Å². The van der Waals surface area contributed by atoms with Crippen molar-refractivity contribution in [1.82, 2.24) is 4.90 Å². The number of aliphatic carboxylic acids is 1. The van der Waals surface area contributed by atoms with Crippen molar-refractivity contribution in [3.8, 4) is 0 Å². The van der Waals surface area contributed by atoms with Crippen LogP contribution in [0.5, 0.6) is 0 Å². The Bertz CT molecular complexity index is 231. The molecule has 0 radical (unpaired) electrons. The maximum atomic E-state index is 11.8. The van der Waals surface area contributed by atoms with Crippen LogP contribution in [0.15, 0.2) is 0 Å². The minimum absolute atomic E-state index is 0.0253. The third-order valence-corrected chi connectivity index (χ3v) is 2.08. The predicted molar refractivity (Wildman–Crippen MR) is 57.3 cm³/mol. The number of carbonyl (C=O) groups excluding carboxylic acids is 1. The molecule has 0 rings (SSSR count). The van der Waals surface area contributed by atoms with Crippen LogP contribution in [0.25, 0.3) is 0 Å². The van der Waals surface area contributed by atoms with Gasteiger partial charge in [-0.05, 0) is 27.7 Å². The molecule has 0 bridgehead atoms. The average Bonchev–Trinajstić information content (AvgIpc) is 2.00. The van der Waals surface area contributed by atoms with E-state index in [1.807, 2.05) is 27.7 Å². The van der Waals surface area contributed by atoms with Gasteiger partial charge in [-0.1, -0.05) is 0 Å². The minimum atomic E-state index is -1.05. The van der Waals surface area contributed by atoms with Gasteiger partial charge in [0, 0.05) is 12.1 Å². The number of carboxylic acids is 1. The summed E-state index contributed by atoms with van der Waals surface area (Å²) in [5.74, 6) is -1.36. The normalized spacial score (nSPS) is 13.0. The molecule has 0 saturated heterocycles. The van der Waals surface area contributed by atoms with Gasteiger partial charge in [0.1, 0.15) is 0 Å². The first-order valence-electron chi connectivity index (χ1n) is 5.07. The van der Waals surface area contributed by atoms with Gasteiger partial charge in [-0.2, -0.15) is 0 Å². The summed E-state index contributed by atoms with van der Waals surface area (Å²) in [6.07, 6.45) is -0.325. The van der Waals surface area contributed by atoms with Gasteiger partial charge in [-0.25, -0.2) is 0 Å². The number of hydrogen-bond donors (Lipinski definition) is 2. The van der Waals surface area contributed by atoms with E-state index in [0.29, 0.717) is 0 Å². The molecule has 0 heterocycles. The Morgan fingerprint density at radius 2 is 1.60 bits per heavy atom. The number of carbonyl (C=O) groups is 2. The van der Waals surface area contributed by atoms with Crippen molar-refractivity contribution in [3.05, 3.63) is 0 Å². The molecule has 0 unspecified atom stereocenters. The molecule has 0 fully saturated rings. The third-order valence-electron chi connectivity index (χ3n) is 2.08. The Labute approximate surface area is 90.2 Å². The number of rotatable bonds is 5. The Hall–Kier alpha value is -1.10. The molecule has 0 aromatic heterocycles. The Balaban J connectivity index is 4.57. The molecule has 0 aromatic rings. The van der Waals surface area contributed by atoms with Crippen LogP contribution >= 0.6 is 0 Å². The number of carboxylic acid groups (broad SMARTS) is 1. The summed E-state index contributed by atoms with van der Waals surface area (Å²) in [5, 5.41) is 8.54. The summed E-state index contributed by atoms with van der Waals surface area (Å²) in [6, 6.07) is -0.901. The quantitative estimate of drug-likeness (QED) is 0.698. The lowest BCUT2D eigenvalue weighted by Gasteiger charge is -2.32. The maximum Gasteiger partial charge on any atom is 0.305 e. The van der Waals surface area contributed by atoms with E-state index in [-0.39, 0.29) is 24.4 Å². The molecule has 5 nitrogen and oxygen atoms in total. The highest BCUT2D eigenvalue weighted by molar-refractivity contribution is 5.86. The van der Waals surface area contributed by atoms with E-state index in [1.165, 1.54) is 0 Å². The van der Waals surface area contributed by atoms with E-state index in [2.05, 4.69) is 0 Å². The number of hydrogen-bond acceptors (Lipinski definition) is 3. The first-order valence-corrected chi connectivity index (χ1v) is 5.07. The monoisotopic (exact) mass is 216 g/mol. The molecule has 0 aliphatic carbocycles. The van der Waals surface area contributed by atoms with E-state index >= 15 is 0 Å². The standard InChI is InChI=1S/C10H20N2O3/c1-6(2)12(7(3)4)10(15)8(11)5-9(13)14/h6-8H,5,11H2,1-4H3,(H,13,14)/t8-/m0/s1. The second-order valence-electron chi connectivity index (χ2n) is 4.14. The van der Waals surface area contributed by atoms with Gasteiger partial charge in [0.05, 0.1) is 12.5 Å². The topological polar surface area (TPSA) is 83.6 Å². The minimum Gasteiger partial charge on any atom is -0.481 e. The van der Waals surface area contributed by atoms with Crippen molar-refractivity contribution >= 4 is 11.9 Å². The molecule has 1 amide bonds. The molecular weight excluding hydrogens is 196 g/mol. The molecule has 1 atom stereocenters. The Morgan fingerprint density at radius 3 is 1.87 bits per heavy atom. The van der Waals surface area contributed by atoms with Gasteiger partial charge in [0.2, 0.25) is 5.91 Å². The van der Waals surface area contributed by atoms with Gasteiger partial charge in [-0.3, -0.25) is 9.59 Å². The van der Waals surface area contributed by atoms with Crippen molar-refractivity contribution in [2.45, 2.75) is 52.2 Å². The maximum absolute atomic E-state index is 11.8. The summed E-state index contributed by atoms with van der Waals surface area (Å²) in [5.41, 5.74) is 5.52. The smallest absolute Gasteiger partial charge is 0.305 e. The molecule has 5 heteroatoms. The van der Waals surface area contributed by atoms with Crippen molar-refractivity contribution in [1.29, 1.82) is 0 Å². The predicted octanol–water partition coefficient (Wildman–Crippen LogP) is 0.434. The van der Waals surface area contributed by atoms with Crippen LogP contribution in [0.1, 0.15) is 34.1 Å². The van der Waals surface area contributed by atoms with E-state index < -0.39 is 12.0 Å². The van der Waals surface area contributed by atoms with Crippen LogP contribution in [-0.4, -0.2) is 40.0 Å². The number of nitrogens with zero attached hydrogens (tertiary/aromatic N) is 1. The number of nitrogens with two attached hydrogens (primary N) is 1. The van der Waals surface area contributed by atoms with E-state index in [9.17, 15) is 9.59 Å². The van der Waals surface area contributed by atoms with Crippen LogP contribution in [0, 0.1) is 0 Å².